The van der Waals surface area contributed by atoms with Gasteiger partial charge in [0.15, 0.2) is 11.6 Å². The number of halogens is 2. The zero-order chi connectivity index (χ0) is 15.1. The van der Waals surface area contributed by atoms with Crippen LogP contribution >= 0.6 is 0 Å². The van der Waals surface area contributed by atoms with Gasteiger partial charge < -0.3 is 15.7 Å². The Bertz CT molecular complexity index is 453. The van der Waals surface area contributed by atoms with Gasteiger partial charge in [0.25, 0.3) is 0 Å². The number of carbonyl (C=O) groups excluding carboxylic acids is 1. The summed E-state index contributed by atoms with van der Waals surface area (Å²) >= 11 is 0. The van der Waals surface area contributed by atoms with Gasteiger partial charge in [0, 0.05) is 25.6 Å². The Morgan fingerprint density at radius 1 is 1.30 bits per heavy atom. The molecule has 0 saturated carbocycles. The topological polar surface area (TPSA) is 61.4 Å². The first-order valence-corrected chi connectivity index (χ1v) is 6.53. The molecule has 1 amide bonds. The van der Waals surface area contributed by atoms with Crippen molar-refractivity contribution >= 4 is 5.91 Å². The maximum atomic E-state index is 13.0. The smallest absolute Gasteiger partial charge is 0.221 e. The van der Waals surface area contributed by atoms with E-state index in [0.29, 0.717) is 18.5 Å². The van der Waals surface area contributed by atoms with Crippen LogP contribution < -0.4 is 10.6 Å². The van der Waals surface area contributed by atoms with Crippen LogP contribution in [0.2, 0.25) is 0 Å². The van der Waals surface area contributed by atoms with E-state index in [1.54, 1.807) is 0 Å². The molecule has 112 valence electrons. The van der Waals surface area contributed by atoms with E-state index in [1.165, 1.54) is 6.07 Å². The van der Waals surface area contributed by atoms with Crippen LogP contribution in [0.5, 0.6) is 0 Å². The number of nitrogens with one attached hydrogen (secondary N) is 2. The van der Waals surface area contributed by atoms with E-state index in [0.717, 1.165) is 12.1 Å². The van der Waals surface area contributed by atoms with Gasteiger partial charge in [-0.05, 0) is 31.5 Å². The van der Waals surface area contributed by atoms with Crippen LogP contribution in [0.15, 0.2) is 18.2 Å². The normalized spacial score (nSPS) is 12.5. The average Bonchev–Trinajstić information content (AvgIpc) is 2.36. The standard InChI is InChI=1S/C14H20F2N2O2/c1-9(2)18-14(20)5-6-17-8-13(19)10-3-4-11(15)12(16)7-10/h3-4,7,9,13,17,19H,5-6,8H2,1-2H3,(H,18,20). The van der Waals surface area contributed by atoms with Gasteiger partial charge in [-0.2, -0.15) is 0 Å². The summed E-state index contributed by atoms with van der Waals surface area (Å²) in [5, 5.41) is 15.4. The summed E-state index contributed by atoms with van der Waals surface area (Å²) in [6.45, 7) is 4.32. The quantitative estimate of drug-likeness (QED) is 0.666. The first kappa shape index (κ1) is 16.5. The number of aliphatic hydroxyl groups is 1. The predicted octanol–water partition coefficient (Wildman–Crippen LogP) is 1.50. The minimum Gasteiger partial charge on any atom is -0.387 e. The number of amides is 1. The molecule has 0 spiro atoms. The lowest BCUT2D eigenvalue weighted by atomic mass is 10.1. The van der Waals surface area contributed by atoms with Crippen LogP contribution in [0.3, 0.4) is 0 Å². The van der Waals surface area contributed by atoms with Crippen molar-refractivity contribution in [1.82, 2.24) is 10.6 Å². The monoisotopic (exact) mass is 286 g/mol. The molecule has 0 aromatic heterocycles. The highest BCUT2D eigenvalue weighted by atomic mass is 19.2. The van der Waals surface area contributed by atoms with E-state index in [1.807, 2.05) is 13.8 Å². The van der Waals surface area contributed by atoms with Crippen molar-refractivity contribution in [3.8, 4) is 0 Å². The first-order chi connectivity index (χ1) is 9.40. The van der Waals surface area contributed by atoms with Crippen LogP contribution in [0, 0.1) is 11.6 Å². The predicted molar refractivity (Wildman–Crippen MR) is 72.1 cm³/mol. The van der Waals surface area contributed by atoms with Crippen molar-refractivity contribution in [2.24, 2.45) is 0 Å². The second-order valence-electron chi connectivity index (χ2n) is 4.87. The minimum atomic E-state index is -0.988. The van der Waals surface area contributed by atoms with Gasteiger partial charge in [-0.25, -0.2) is 8.78 Å². The van der Waals surface area contributed by atoms with E-state index < -0.39 is 17.7 Å². The zero-order valence-corrected chi connectivity index (χ0v) is 11.6. The van der Waals surface area contributed by atoms with Gasteiger partial charge in [-0.1, -0.05) is 6.07 Å². The van der Waals surface area contributed by atoms with E-state index >= 15 is 0 Å². The SMILES string of the molecule is CC(C)NC(=O)CCNCC(O)c1ccc(F)c(F)c1. The molecule has 1 rings (SSSR count). The van der Waals surface area contributed by atoms with E-state index in [4.69, 9.17) is 0 Å². The molecule has 1 aromatic rings. The third-order valence-corrected chi connectivity index (χ3v) is 2.64. The first-order valence-electron chi connectivity index (χ1n) is 6.53. The molecular formula is C14H20F2N2O2. The largest absolute Gasteiger partial charge is 0.387 e. The van der Waals surface area contributed by atoms with Crippen molar-refractivity contribution in [3.05, 3.63) is 35.4 Å². The summed E-state index contributed by atoms with van der Waals surface area (Å²) in [5.74, 6) is -2.01. The van der Waals surface area contributed by atoms with Crippen LogP contribution in [-0.4, -0.2) is 30.1 Å². The summed E-state index contributed by atoms with van der Waals surface area (Å²) in [4.78, 5) is 11.3. The lowest BCUT2D eigenvalue weighted by Crippen LogP contribution is -2.33. The molecular weight excluding hydrogens is 266 g/mol. The molecule has 1 atom stereocenters. The molecule has 1 unspecified atom stereocenters. The summed E-state index contributed by atoms with van der Waals surface area (Å²) in [5.41, 5.74) is 0.294. The fraction of sp³-hybridized carbons (Fsp3) is 0.500. The Balaban J connectivity index is 2.31. The van der Waals surface area contributed by atoms with E-state index in [-0.39, 0.29) is 18.5 Å². The Morgan fingerprint density at radius 2 is 2.00 bits per heavy atom. The zero-order valence-electron chi connectivity index (χ0n) is 11.6. The van der Waals surface area contributed by atoms with Gasteiger partial charge >= 0.3 is 0 Å². The number of hydrogen-bond acceptors (Lipinski definition) is 3. The number of rotatable bonds is 7. The Kier molecular flexibility index (Phi) is 6.54. The van der Waals surface area contributed by atoms with Crippen molar-refractivity contribution in [1.29, 1.82) is 0 Å². The number of aliphatic hydroxyl groups excluding tert-OH is 1. The van der Waals surface area contributed by atoms with Gasteiger partial charge in [0.05, 0.1) is 6.10 Å². The number of carbonyl (C=O) groups is 1. The van der Waals surface area contributed by atoms with E-state index in [9.17, 15) is 18.7 Å². The lowest BCUT2D eigenvalue weighted by Gasteiger charge is -2.13. The fourth-order valence-electron chi connectivity index (χ4n) is 1.67. The highest BCUT2D eigenvalue weighted by Crippen LogP contribution is 2.15. The molecule has 0 aliphatic rings. The molecule has 3 N–H and O–H groups in total. The highest BCUT2D eigenvalue weighted by Gasteiger charge is 2.11. The molecule has 6 heteroatoms. The molecule has 0 aliphatic carbocycles. The molecule has 0 bridgehead atoms. The summed E-state index contributed by atoms with van der Waals surface area (Å²) in [7, 11) is 0. The summed E-state index contributed by atoms with van der Waals surface area (Å²) in [6.07, 6.45) is -0.652. The van der Waals surface area contributed by atoms with Gasteiger partial charge in [0.2, 0.25) is 5.91 Å². The van der Waals surface area contributed by atoms with E-state index in [2.05, 4.69) is 10.6 Å². The second kappa shape index (κ2) is 7.91. The molecule has 0 fully saturated rings. The highest BCUT2D eigenvalue weighted by molar-refractivity contribution is 5.76. The maximum absolute atomic E-state index is 13.0. The Morgan fingerprint density at radius 3 is 2.60 bits per heavy atom. The molecule has 0 radical (unpaired) electrons. The summed E-state index contributed by atoms with van der Waals surface area (Å²) < 4.78 is 25.7. The second-order valence-corrected chi connectivity index (χ2v) is 4.87. The molecule has 1 aromatic carbocycles. The molecule has 0 heterocycles. The van der Waals surface area contributed by atoms with Gasteiger partial charge in [-0.15, -0.1) is 0 Å². The van der Waals surface area contributed by atoms with Crippen LogP contribution in [0.25, 0.3) is 0 Å². The van der Waals surface area contributed by atoms with Crippen molar-refractivity contribution in [2.45, 2.75) is 32.4 Å². The number of benzene rings is 1. The Labute approximate surface area is 117 Å². The third-order valence-electron chi connectivity index (χ3n) is 2.64. The molecule has 4 nitrogen and oxygen atoms in total. The van der Waals surface area contributed by atoms with Crippen molar-refractivity contribution in [3.63, 3.8) is 0 Å². The molecule has 20 heavy (non-hydrogen) atoms. The Hall–Kier alpha value is -1.53. The minimum absolute atomic E-state index is 0.0742. The average molecular weight is 286 g/mol. The third kappa shape index (κ3) is 5.63. The molecule has 0 saturated heterocycles. The van der Waals surface area contributed by atoms with Gasteiger partial charge in [-0.3, -0.25) is 4.79 Å². The van der Waals surface area contributed by atoms with Crippen LogP contribution in [0.4, 0.5) is 8.78 Å². The molecule has 0 aliphatic heterocycles. The summed E-state index contributed by atoms with van der Waals surface area (Å²) in [6, 6.07) is 3.36. The fourth-order valence-corrected chi connectivity index (χ4v) is 1.67. The van der Waals surface area contributed by atoms with Crippen molar-refractivity contribution < 1.29 is 18.7 Å². The lowest BCUT2D eigenvalue weighted by molar-refractivity contribution is -0.121. The van der Waals surface area contributed by atoms with Gasteiger partial charge in [0.1, 0.15) is 0 Å². The number of hydrogen-bond donors (Lipinski definition) is 3. The maximum Gasteiger partial charge on any atom is 0.221 e. The van der Waals surface area contributed by atoms with Crippen LogP contribution in [-0.2, 0) is 4.79 Å². The van der Waals surface area contributed by atoms with Crippen molar-refractivity contribution in [2.75, 3.05) is 13.1 Å². The van der Waals surface area contributed by atoms with Crippen LogP contribution in [0.1, 0.15) is 31.9 Å².